The Hall–Kier alpha value is -3.92. The van der Waals surface area contributed by atoms with Gasteiger partial charge in [-0.1, -0.05) is 42.7 Å². The molecule has 1 atom stereocenters. The first-order valence-corrected chi connectivity index (χ1v) is 15.5. The van der Waals surface area contributed by atoms with Crippen LogP contribution in [-0.4, -0.2) is 71.7 Å². The Balaban J connectivity index is 1.99. The second-order valence-corrected chi connectivity index (χ2v) is 11.3. The number of hydrogen-bond acceptors (Lipinski definition) is 8. The molecule has 0 fully saturated rings. The standard InChI is InChI=1S/C34H52N6O4/c1-8-11-28(22-41)38-32-29(25(5)37-34(35)39-32)20-26-15-16-27(21-30(26)44-7)33(43)36-18-19-40(6)31(42)17-14-24(4)13-10-12-23(3)9-2/h9,13,15-16,21,28,41H,8,10-12,14,17-20,22H2,1-7H3,(H,36,43)(H3,35,37,38,39)/b23-9+,24-13+/t28-/m0/s1. The minimum absolute atomic E-state index is 0.0263. The molecule has 10 heteroatoms. The number of anilines is 2. The number of nitrogens with one attached hydrogen (secondary N) is 2. The van der Waals surface area contributed by atoms with E-state index in [2.05, 4.69) is 53.5 Å². The maximum Gasteiger partial charge on any atom is 0.251 e. The zero-order valence-corrected chi connectivity index (χ0v) is 27.6. The molecule has 0 saturated heterocycles. The number of aryl methyl sites for hydroxylation is 1. The van der Waals surface area contributed by atoms with E-state index in [0.29, 0.717) is 43.1 Å². The molecule has 0 aliphatic carbocycles. The molecule has 0 spiro atoms. The second-order valence-electron chi connectivity index (χ2n) is 11.3. The van der Waals surface area contributed by atoms with Gasteiger partial charge in [0.1, 0.15) is 11.6 Å². The summed E-state index contributed by atoms with van der Waals surface area (Å²) in [6, 6.07) is 5.16. The van der Waals surface area contributed by atoms with Crippen LogP contribution in [0.2, 0.25) is 0 Å². The van der Waals surface area contributed by atoms with Crippen LogP contribution in [0.25, 0.3) is 0 Å². The normalized spacial score (nSPS) is 12.5. The van der Waals surface area contributed by atoms with Crippen molar-refractivity contribution in [2.24, 2.45) is 0 Å². The van der Waals surface area contributed by atoms with Gasteiger partial charge in [-0.2, -0.15) is 4.98 Å². The van der Waals surface area contributed by atoms with Gasteiger partial charge >= 0.3 is 0 Å². The van der Waals surface area contributed by atoms with Crippen molar-refractivity contribution in [1.82, 2.24) is 20.2 Å². The van der Waals surface area contributed by atoms with Gasteiger partial charge in [0.25, 0.3) is 5.91 Å². The number of methoxy groups -OCH3 is 1. The highest BCUT2D eigenvalue weighted by molar-refractivity contribution is 5.94. The second kappa shape index (κ2) is 18.7. The molecule has 44 heavy (non-hydrogen) atoms. The quantitative estimate of drug-likeness (QED) is 0.169. The topological polar surface area (TPSA) is 143 Å². The highest BCUT2D eigenvalue weighted by atomic mass is 16.5. The monoisotopic (exact) mass is 608 g/mol. The minimum atomic E-state index is -0.245. The highest BCUT2D eigenvalue weighted by Crippen LogP contribution is 2.28. The van der Waals surface area contributed by atoms with Gasteiger partial charge in [0, 0.05) is 49.8 Å². The number of carbonyl (C=O) groups is 2. The summed E-state index contributed by atoms with van der Waals surface area (Å²) in [5, 5.41) is 16.0. The molecule has 10 nitrogen and oxygen atoms in total. The maximum atomic E-state index is 12.9. The Bertz CT molecular complexity index is 1310. The number of amides is 2. The summed E-state index contributed by atoms with van der Waals surface area (Å²) < 4.78 is 5.65. The highest BCUT2D eigenvalue weighted by Gasteiger charge is 2.18. The first kappa shape index (κ1) is 36.3. The van der Waals surface area contributed by atoms with E-state index in [0.717, 1.165) is 48.9 Å². The number of aliphatic hydroxyl groups excluding tert-OH is 1. The molecule has 5 N–H and O–H groups in total. The Morgan fingerprint density at radius 3 is 2.57 bits per heavy atom. The van der Waals surface area contributed by atoms with Gasteiger partial charge in [0.2, 0.25) is 11.9 Å². The van der Waals surface area contributed by atoms with Crippen molar-refractivity contribution in [2.75, 3.05) is 44.9 Å². The van der Waals surface area contributed by atoms with Crippen LogP contribution in [0.1, 0.15) is 93.4 Å². The summed E-state index contributed by atoms with van der Waals surface area (Å²) in [6.07, 6.45) is 9.68. The van der Waals surface area contributed by atoms with Crippen LogP contribution in [0.5, 0.6) is 5.75 Å². The predicted molar refractivity (Wildman–Crippen MR) is 178 cm³/mol. The van der Waals surface area contributed by atoms with Crippen molar-refractivity contribution in [3.8, 4) is 5.75 Å². The summed E-state index contributed by atoms with van der Waals surface area (Å²) >= 11 is 0. The zero-order chi connectivity index (χ0) is 32.6. The van der Waals surface area contributed by atoms with Crippen LogP contribution >= 0.6 is 0 Å². The molecule has 0 bridgehead atoms. The van der Waals surface area contributed by atoms with E-state index in [1.54, 1.807) is 31.2 Å². The predicted octanol–water partition coefficient (Wildman–Crippen LogP) is 5.20. The number of aliphatic hydroxyl groups is 1. The Kier molecular flexibility index (Phi) is 15.4. The number of hydrogen-bond donors (Lipinski definition) is 4. The lowest BCUT2D eigenvalue weighted by Crippen LogP contribution is -2.36. The number of allylic oxidation sites excluding steroid dienone is 4. The number of rotatable bonds is 18. The van der Waals surface area contributed by atoms with Crippen LogP contribution in [0, 0.1) is 6.92 Å². The van der Waals surface area contributed by atoms with Crippen LogP contribution < -0.4 is 21.1 Å². The van der Waals surface area contributed by atoms with Crippen LogP contribution in [0.4, 0.5) is 11.8 Å². The first-order chi connectivity index (χ1) is 21.0. The molecule has 2 amide bonds. The number of aromatic nitrogens is 2. The van der Waals surface area contributed by atoms with Crippen LogP contribution in [0.15, 0.2) is 41.5 Å². The molecule has 0 aliphatic rings. The van der Waals surface area contributed by atoms with Crippen molar-refractivity contribution in [3.05, 3.63) is 63.9 Å². The minimum Gasteiger partial charge on any atom is -0.496 e. The Labute approximate surface area is 263 Å². The number of ether oxygens (including phenoxy) is 1. The average Bonchev–Trinajstić information content (AvgIpc) is 3.00. The van der Waals surface area contributed by atoms with Crippen LogP contribution in [-0.2, 0) is 11.2 Å². The molecule has 0 aliphatic heterocycles. The first-order valence-electron chi connectivity index (χ1n) is 15.5. The molecule has 2 rings (SSSR count). The molecule has 0 radical (unpaired) electrons. The Morgan fingerprint density at radius 1 is 1.16 bits per heavy atom. The van der Waals surface area contributed by atoms with Gasteiger partial charge in [0.15, 0.2) is 0 Å². The van der Waals surface area contributed by atoms with Gasteiger partial charge in [-0.05, 0) is 71.1 Å². The smallest absolute Gasteiger partial charge is 0.251 e. The lowest BCUT2D eigenvalue weighted by Gasteiger charge is -2.20. The number of nitrogen functional groups attached to an aromatic ring is 1. The van der Waals surface area contributed by atoms with Crippen molar-refractivity contribution < 1.29 is 19.4 Å². The third-order valence-electron chi connectivity index (χ3n) is 7.76. The van der Waals surface area contributed by atoms with E-state index in [-0.39, 0.29) is 30.4 Å². The lowest BCUT2D eigenvalue weighted by atomic mass is 10.0. The fraction of sp³-hybridized carbons (Fsp3) is 0.529. The van der Waals surface area contributed by atoms with Crippen molar-refractivity contribution >= 4 is 23.6 Å². The summed E-state index contributed by atoms with van der Waals surface area (Å²) in [4.78, 5) is 35.9. The molecule has 1 aromatic carbocycles. The maximum absolute atomic E-state index is 12.9. The van der Waals surface area contributed by atoms with Gasteiger partial charge in [0.05, 0.1) is 19.8 Å². The van der Waals surface area contributed by atoms with Gasteiger partial charge in [-0.25, -0.2) is 4.98 Å². The zero-order valence-electron chi connectivity index (χ0n) is 27.6. The van der Waals surface area contributed by atoms with Crippen molar-refractivity contribution in [1.29, 1.82) is 0 Å². The molecule has 1 heterocycles. The Morgan fingerprint density at radius 2 is 1.91 bits per heavy atom. The summed E-state index contributed by atoms with van der Waals surface area (Å²) in [7, 11) is 3.33. The van der Waals surface area contributed by atoms with Gasteiger partial charge < -0.3 is 31.1 Å². The molecule has 0 saturated carbocycles. The lowest BCUT2D eigenvalue weighted by molar-refractivity contribution is -0.129. The van der Waals surface area contributed by atoms with Gasteiger partial charge in [-0.15, -0.1) is 0 Å². The van der Waals surface area contributed by atoms with Crippen molar-refractivity contribution in [3.63, 3.8) is 0 Å². The molecule has 0 unspecified atom stereocenters. The van der Waals surface area contributed by atoms with E-state index in [1.165, 1.54) is 11.1 Å². The fourth-order valence-corrected chi connectivity index (χ4v) is 4.77. The fourth-order valence-electron chi connectivity index (χ4n) is 4.77. The van der Waals surface area contributed by atoms with E-state index >= 15 is 0 Å². The molecule has 1 aromatic heterocycles. The summed E-state index contributed by atoms with van der Waals surface area (Å²) in [5.74, 6) is 1.11. The van der Waals surface area contributed by atoms with E-state index < -0.39 is 0 Å². The number of carbonyl (C=O) groups excluding carboxylic acids is 2. The van der Waals surface area contributed by atoms with E-state index in [9.17, 15) is 14.7 Å². The van der Waals surface area contributed by atoms with Crippen LogP contribution in [0.3, 0.4) is 0 Å². The average molecular weight is 609 g/mol. The van der Waals surface area contributed by atoms with E-state index in [1.807, 2.05) is 19.9 Å². The number of likely N-dealkylation sites (N-methyl/N-ethyl adjacent to an activating group) is 1. The summed E-state index contributed by atoms with van der Waals surface area (Å²) in [5.41, 5.74) is 11.4. The number of benzene rings is 1. The number of nitrogens with two attached hydrogens (primary N) is 1. The van der Waals surface area contributed by atoms with Crippen molar-refractivity contribution in [2.45, 2.75) is 85.6 Å². The summed E-state index contributed by atoms with van der Waals surface area (Å²) in [6.45, 7) is 10.9. The van der Waals surface area contributed by atoms with E-state index in [4.69, 9.17) is 10.5 Å². The molecule has 2 aromatic rings. The SMILES string of the molecule is C/C=C(\C)CC/C=C(\C)CCC(=O)N(C)CCNC(=O)c1ccc(Cc2c(C)nc(N)nc2N[C@H](CO)CCC)c(OC)c1. The number of nitrogens with zero attached hydrogens (tertiary/aromatic N) is 3. The third kappa shape index (κ3) is 11.6. The molecular formula is C34H52N6O4. The molecule has 242 valence electrons. The van der Waals surface area contributed by atoms with Gasteiger partial charge in [-0.3, -0.25) is 9.59 Å². The third-order valence-corrected chi connectivity index (χ3v) is 7.76. The molecular weight excluding hydrogens is 556 g/mol. The largest absolute Gasteiger partial charge is 0.496 e.